The first-order valence-electron chi connectivity index (χ1n) is 9.57. The molecule has 0 spiro atoms. The van der Waals surface area contributed by atoms with Crippen molar-refractivity contribution in [2.75, 3.05) is 39.3 Å². The van der Waals surface area contributed by atoms with Gasteiger partial charge in [0.2, 0.25) is 5.91 Å². The molecule has 2 fully saturated rings. The van der Waals surface area contributed by atoms with Gasteiger partial charge in [0, 0.05) is 50.2 Å². The number of carbonyl (C=O) groups excluding carboxylic acids is 1. The number of amides is 1. The van der Waals surface area contributed by atoms with Gasteiger partial charge in [-0.25, -0.2) is 4.98 Å². The SMILES string of the molecule is O=C(Cc1csc(-c2ccccc2)n1)N1CCN(S(=O)(=O)N2CCCC2)CC1. The summed E-state index contributed by atoms with van der Waals surface area (Å²) in [6.45, 7) is 2.79. The maximum absolute atomic E-state index is 12.6. The average molecular weight is 421 g/mol. The van der Waals surface area contributed by atoms with Gasteiger partial charge in [0.1, 0.15) is 5.01 Å². The second kappa shape index (κ2) is 8.28. The lowest BCUT2D eigenvalue weighted by Gasteiger charge is -2.35. The van der Waals surface area contributed by atoms with E-state index in [-0.39, 0.29) is 12.3 Å². The van der Waals surface area contributed by atoms with Crippen LogP contribution in [-0.2, 0) is 21.4 Å². The summed E-state index contributed by atoms with van der Waals surface area (Å²) < 4.78 is 28.3. The number of aromatic nitrogens is 1. The average Bonchev–Trinajstić information content (AvgIpc) is 3.41. The monoisotopic (exact) mass is 420 g/mol. The molecular weight excluding hydrogens is 396 g/mol. The smallest absolute Gasteiger partial charge is 0.282 e. The zero-order chi connectivity index (χ0) is 19.6. The highest BCUT2D eigenvalue weighted by Gasteiger charge is 2.34. The van der Waals surface area contributed by atoms with Crippen LogP contribution in [0.1, 0.15) is 18.5 Å². The van der Waals surface area contributed by atoms with Crippen molar-refractivity contribution in [3.8, 4) is 10.6 Å². The molecule has 0 atom stereocenters. The number of benzene rings is 1. The fourth-order valence-corrected chi connectivity index (χ4v) is 6.12. The Morgan fingerprint density at radius 1 is 0.964 bits per heavy atom. The molecule has 2 saturated heterocycles. The van der Waals surface area contributed by atoms with Gasteiger partial charge in [-0.05, 0) is 12.8 Å². The Kier molecular flexibility index (Phi) is 5.77. The van der Waals surface area contributed by atoms with Gasteiger partial charge in [-0.15, -0.1) is 11.3 Å². The van der Waals surface area contributed by atoms with Crippen LogP contribution in [0.2, 0.25) is 0 Å². The van der Waals surface area contributed by atoms with Crippen molar-refractivity contribution in [2.45, 2.75) is 19.3 Å². The Morgan fingerprint density at radius 2 is 1.61 bits per heavy atom. The summed E-state index contributed by atoms with van der Waals surface area (Å²) >= 11 is 1.53. The van der Waals surface area contributed by atoms with Crippen molar-refractivity contribution in [3.05, 3.63) is 41.4 Å². The lowest BCUT2D eigenvalue weighted by Crippen LogP contribution is -2.54. The van der Waals surface area contributed by atoms with Crippen LogP contribution in [0.5, 0.6) is 0 Å². The molecule has 28 heavy (non-hydrogen) atoms. The first-order chi connectivity index (χ1) is 13.5. The molecule has 0 bridgehead atoms. The van der Waals surface area contributed by atoms with Crippen LogP contribution in [0.25, 0.3) is 10.6 Å². The minimum absolute atomic E-state index is 0.00290. The fraction of sp³-hybridized carbons (Fsp3) is 0.474. The molecule has 1 aromatic carbocycles. The standard InChI is InChI=1S/C19H24N4O3S2/c24-18(14-17-15-27-19(20-17)16-6-2-1-3-7-16)21-10-12-23(13-11-21)28(25,26)22-8-4-5-9-22/h1-3,6-7,15H,4-5,8-14H2. The van der Waals surface area contributed by atoms with Crippen molar-refractivity contribution in [1.82, 2.24) is 18.5 Å². The molecule has 3 heterocycles. The molecule has 0 radical (unpaired) electrons. The summed E-state index contributed by atoms with van der Waals surface area (Å²) in [5, 5.41) is 2.83. The van der Waals surface area contributed by atoms with Crippen LogP contribution in [0.4, 0.5) is 0 Å². The third-order valence-electron chi connectivity index (χ3n) is 5.21. The van der Waals surface area contributed by atoms with E-state index in [9.17, 15) is 13.2 Å². The zero-order valence-corrected chi connectivity index (χ0v) is 17.3. The van der Waals surface area contributed by atoms with Crippen molar-refractivity contribution >= 4 is 27.5 Å². The van der Waals surface area contributed by atoms with Gasteiger partial charge in [0.05, 0.1) is 12.1 Å². The molecule has 0 aliphatic carbocycles. The zero-order valence-electron chi connectivity index (χ0n) is 15.7. The number of nitrogens with zero attached hydrogens (tertiary/aromatic N) is 4. The molecule has 2 aliphatic rings. The minimum atomic E-state index is -3.38. The van der Waals surface area contributed by atoms with E-state index >= 15 is 0 Å². The van der Waals surface area contributed by atoms with Crippen molar-refractivity contribution in [3.63, 3.8) is 0 Å². The summed E-state index contributed by atoms with van der Waals surface area (Å²) in [7, 11) is -3.38. The van der Waals surface area contributed by atoms with Crippen LogP contribution in [0, 0.1) is 0 Å². The van der Waals surface area contributed by atoms with Crippen LogP contribution in [0.3, 0.4) is 0 Å². The van der Waals surface area contributed by atoms with Gasteiger partial charge in [0.15, 0.2) is 0 Å². The second-order valence-electron chi connectivity index (χ2n) is 7.08. The molecule has 2 aliphatic heterocycles. The van der Waals surface area contributed by atoms with Crippen molar-refractivity contribution < 1.29 is 13.2 Å². The summed E-state index contributed by atoms with van der Waals surface area (Å²) in [4.78, 5) is 19.0. The van der Waals surface area contributed by atoms with E-state index in [2.05, 4.69) is 4.98 Å². The predicted molar refractivity (Wildman–Crippen MR) is 109 cm³/mol. The third kappa shape index (κ3) is 4.12. The lowest BCUT2D eigenvalue weighted by atomic mass is 10.2. The predicted octanol–water partition coefficient (Wildman–Crippen LogP) is 1.84. The molecule has 4 rings (SSSR count). The minimum Gasteiger partial charge on any atom is -0.340 e. The Bertz CT molecular complexity index is 916. The van der Waals surface area contributed by atoms with E-state index in [1.165, 1.54) is 15.6 Å². The van der Waals surface area contributed by atoms with E-state index in [1.54, 1.807) is 9.21 Å². The van der Waals surface area contributed by atoms with Crippen LogP contribution < -0.4 is 0 Å². The van der Waals surface area contributed by atoms with Crippen LogP contribution in [-0.4, -0.2) is 72.1 Å². The molecule has 0 unspecified atom stereocenters. The first-order valence-corrected chi connectivity index (χ1v) is 11.8. The van der Waals surface area contributed by atoms with Crippen LogP contribution in [0.15, 0.2) is 35.7 Å². The summed E-state index contributed by atoms with van der Waals surface area (Å²) in [6, 6.07) is 9.91. The molecule has 2 aromatic rings. The fourth-order valence-electron chi connectivity index (χ4n) is 3.62. The Morgan fingerprint density at radius 3 is 2.29 bits per heavy atom. The topological polar surface area (TPSA) is 73.8 Å². The molecule has 0 saturated carbocycles. The normalized spacial score (nSPS) is 19.2. The summed E-state index contributed by atoms with van der Waals surface area (Å²) in [5.41, 5.74) is 1.81. The molecule has 1 aromatic heterocycles. The second-order valence-corrected chi connectivity index (χ2v) is 9.87. The van der Waals surface area contributed by atoms with E-state index in [0.29, 0.717) is 39.3 Å². The van der Waals surface area contributed by atoms with Gasteiger partial charge in [-0.3, -0.25) is 4.79 Å². The number of piperazine rings is 1. The Labute approximate surface area is 169 Å². The lowest BCUT2D eigenvalue weighted by molar-refractivity contribution is -0.131. The maximum Gasteiger partial charge on any atom is 0.282 e. The molecule has 150 valence electrons. The Balaban J connectivity index is 1.33. The summed E-state index contributed by atoms with van der Waals surface area (Å²) in [5.74, 6) is 0.00290. The van der Waals surface area contributed by atoms with Gasteiger partial charge in [-0.1, -0.05) is 30.3 Å². The summed E-state index contributed by atoms with van der Waals surface area (Å²) in [6.07, 6.45) is 2.11. The molecule has 9 heteroatoms. The van der Waals surface area contributed by atoms with Crippen molar-refractivity contribution in [2.24, 2.45) is 0 Å². The van der Waals surface area contributed by atoms with E-state index in [4.69, 9.17) is 0 Å². The number of thiazole rings is 1. The Hall–Kier alpha value is -1.81. The molecular formula is C19H24N4O3S2. The third-order valence-corrected chi connectivity index (χ3v) is 8.19. The number of hydrogen-bond acceptors (Lipinski definition) is 5. The molecule has 1 amide bonds. The highest BCUT2D eigenvalue weighted by Crippen LogP contribution is 2.24. The molecule has 7 nitrogen and oxygen atoms in total. The van der Waals surface area contributed by atoms with Gasteiger partial charge < -0.3 is 4.90 Å². The van der Waals surface area contributed by atoms with Gasteiger partial charge in [-0.2, -0.15) is 17.0 Å². The van der Waals surface area contributed by atoms with Crippen molar-refractivity contribution in [1.29, 1.82) is 0 Å². The van der Waals surface area contributed by atoms with E-state index in [0.717, 1.165) is 29.1 Å². The first kappa shape index (κ1) is 19.5. The largest absolute Gasteiger partial charge is 0.340 e. The van der Waals surface area contributed by atoms with Crippen LogP contribution >= 0.6 is 11.3 Å². The highest BCUT2D eigenvalue weighted by molar-refractivity contribution is 7.86. The maximum atomic E-state index is 12.6. The van der Waals surface area contributed by atoms with Gasteiger partial charge in [0.25, 0.3) is 10.2 Å². The number of hydrogen-bond donors (Lipinski definition) is 0. The van der Waals surface area contributed by atoms with Gasteiger partial charge >= 0.3 is 0 Å². The quantitative estimate of drug-likeness (QED) is 0.740. The number of carbonyl (C=O) groups is 1. The number of rotatable bonds is 5. The molecule has 0 N–H and O–H groups in total. The van der Waals surface area contributed by atoms with E-state index in [1.807, 2.05) is 35.7 Å². The highest BCUT2D eigenvalue weighted by atomic mass is 32.2. The van der Waals surface area contributed by atoms with E-state index < -0.39 is 10.2 Å².